The molecule has 2 nitrogen and oxygen atoms in total. The molecule has 1 saturated carbocycles. The first kappa shape index (κ1) is 14.3. The predicted molar refractivity (Wildman–Crippen MR) is 76.8 cm³/mol. The zero-order chi connectivity index (χ0) is 12.6. The van der Waals surface area contributed by atoms with Gasteiger partial charge in [-0.3, -0.25) is 0 Å². The number of rotatable bonds is 7. The monoisotopic (exact) mass is 253 g/mol. The van der Waals surface area contributed by atoms with Crippen molar-refractivity contribution in [3.05, 3.63) is 0 Å². The molecule has 1 heterocycles. The number of hydrogen-bond acceptors (Lipinski definition) is 2. The average Bonchev–Trinajstić information content (AvgIpc) is 2.93. The maximum atomic E-state index is 5.69. The lowest BCUT2D eigenvalue weighted by molar-refractivity contribution is 0.105. The lowest BCUT2D eigenvalue weighted by Gasteiger charge is -2.32. The summed E-state index contributed by atoms with van der Waals surface area (Å²) in [6, 6.07) is 0.853. The van der Waals surface area contributed by atoms with Crippen LogP contribution in [-0.2, 0) is 4.74 Å². The highest BCUT2D eigenvalue weighted by atomic mass is 16.5. The Balaban J connectivity index is 1.53. The zero-order valence-corrected chi connectivity index (χ0v) is 12.1. The van der Waals surface area contributed by atoms with E-state index in [0.717, 1.165) is 31.1 Å². The van der Waals surface area contributed by atoms with E-state index in [-0.39, 0.29) is 0 Å². The number of hydrogen-bond donors (Lipinski definition) is 1. The topological polar surface area (TPSA) is 21.3 Å². The summed E-state index contributed by atoms with van der Waals surface area (Å²) >= 11 is 0. The third-order valence-corrected chi connectivity index (χ3v) is 4.87. The second-order valence-electron chi connectivity index (χ2n) is 6.24. The zero-order valence-electron chi connectivity index (χ0n) is 12.1. The van der Waals surface area contributed by atoms with Crippen LogP contribution in [0.3, 0.4) is 0 Å². The Kier molecular flexibility index (Phi) is 6.50. The van der Waals surface area contributed by atoms with Crippen molar-refractivity contribution < 1.29 is 4.74 Å². The van der Waals surface area contributed by atoms with Gasteiger partial charge < -0.3 is 10.1 Å². The van der Waals surface area contributed by atoms with E-state index in [1.165, 1.54) is 64.3 Å². The van der Waals surface area contributed by atoms with Crippen molar-refractivity contribution in [3.8, 4) is 0 Å². The molecular formula is C16H31NO. The average molecular weight is 253 g/mol. The number of unbranched alkanes of at least 4 members (excludes halogenated alkanes) is 1. The lowest BCUT2D eigenvalue weighted by atomic mass is 9.77. The standard InChI is InChI=1S/C16H31NO/c1-2-3-12-18-13-10-14-6-8-15(9-7-14)16-5-4-11-17-16/h14-17H,2-13H2,1H3/t14?,15?,16-/m1/s1. The molecule has 1 aliphatic carbocycles. The molecule has 2 heteroatoms. The van der Waals surface area contributed by atoms with Gasteiger partial charge in [-0.15, -0.1) is 0 Å². The van der Waals surface area contributed by atoms with Crippen LogP contribution in [0.25, 0.3) is 0 Å². The van der Waals surface area contributed by atoms with Gasteiger partial charge in [0.2, 0.25) is 0 Å². The maximum Gasteiger partial charge on any atom is 0.0468 e. The fourth-order valence-corrected chi connectivity index (χ4v) is 3.59. The van der Waals surface area contributed by atoms with Crippen molar-refractivity contribution in [2.24, 2.45) is 11.8 Å². The van der Waals surface area contributed by atoms with Gasteiger partial charge in [-0.2, -0.15) is 0 Å². The van der Waals surface area contributed by atoms with Gasteiger partial charge in [0.05, 0.1) is 0 Å². The van der Waals surface area contributed by atoms with E-state index in [4.69, 9.17) is 4.74 Å². The molecule has 18 heavy (non-hydrogen) atoms. The fraction of sp³-hybridized carbons (Fsp3) is 1.00. The third-order valence-electron chi connectivity index (χ3n) is 4.87. The van der Waals surface area contributed by atoms with Gasteiger partial charge in [0, 0.05) is 19.3 Å². The van der Waals surface area contributed by atoms with E-state index in [1.807, 2.05) is 0 Å². The van der Waals surface area contributed by atoms with Crippen LogP contribution in [-0.4, -0.2) is 25.8 Å². The van der Waals surface area contributed by atoms with Crippen LogP contribution in [0.5, 0.6) is 0 Å². The second kappa shape index (κ2) is 8.16. The third kappa shape index (κ3) is 4.55. The molecule has 1 N–H and O–H groups in total. The van der Waals surface area contributed by atoms with Crippen molar-refractivity contribution >= 4 is 0 Å². The molecule has 1 aliphatic heterocycles. The Hall–Kier alpha value is -0.0800. The van der Waals surface area contributed by atoms with Crippen molar-refractivity contribution in [2.45, 2.75) is 70.8 Å². The van der Waals surface area contributed by atoms with E-state index in [1.54, 1.807) is 0 Å². The molecule has 2 aliphatic rings. The smallest absolute Gasteiger partial charge is 0.0468 e. The van der Waals surface area contributed by atoms with Gasteiger partial charge in [-0.25, -0.2) is 0 Å². The van der Waals surface area contributed by atoms with E-state index in [0.29, 0.717) is 0 Å². The van der Waals surface area contributed by atoms with Crippen LogP contribution in [0.2, 0.25) is 0 Å². The van der Waals surface area contributed by atoms with Gasteiger partial charge in [0.1, 0.15) is 0 Å². The van der Waals surface area contributed by atoms with Crippen LogP contribution < -0.4 is 5.32 Å². The highest BCUT2D eigenvalue weighted by Gasteiger charge is 2.28. The lowest BCUT2D eigenvalue weighted by Crippen LogP contribution is -2.33. The molecule has 0 aromatic heterocycles. The Morgan fingerprint density at radius 3 is 2.56 bits per heavy atom. The molecule has 0 bridgehead atoms. The van der Waals surface area contributed by atoms with Gasteiger partial charge >= 0.3 is 0 Å². The van der Waals surface area contributed by atoms with E-state index >= 15 is 0 Å². The first-order chi connectivity index (χ1) is 8.90. The molecule has 1 atom stereocenters. The van der Waals surface area contributed by atoms with E-state index in [9.17, 15) is 0 Å². The Labute approximate surface area is 113 Å². The first-order valence-electron chi connectivity index (χ1n) is 8.21. The van der Waals surface area contributed by atoms with Crippen molar-refractivity contribution in [1.82, 2.24) is 5.32 Å². The molecule has 0 aromatic carbocycles. The Morgan fingerprint density at radius 1 is 1.06 bits per heavy atom. The quantitative estimate of drug-likeness (QED) is 0.698. The molecule has 0 spiro atoms. The molecule has 0 unspecified atom stereocenters. The summed E-state index contributed by atoms with van der Waals surface area (Å²) in [4.78, 5) is 0. The minimum absolute atomic E-state index is 0.853. The summed E-state index contributed by atoms with van der Waals surface area (Å²) in [7, 11) is 0. The van der Waals surface area contributed by atoms with Crippen LogP contribution in [0.4, 0.5) is 0 Å². The summed E-state index contributed by atoms with van der Waals surface area (Å²) in [6.45, 7) is 5.45. The van der Waals surface area contributed by atoms with Gasteiger partial charge in [-0.05, 0) is 56.9 Å². The van der Waals surface area contributed by atoms with Crippen LogP contribution in [0.15, 0.2) is 0 Å². The Morgan fingerprint density at radius 2 is 1.89 bits per heavy atom. The second-order valence-corrected chi connectivity index (χ2v) is 6.24. The number of ether oxygens (including phenoxy) is 1. The first-order valence-corrected chi connectivity index (χ1v) is 8.21. The summed E-state index contributed by atoms with van der Waals surface area (Å²) in [6.07, 6.45) is 12.4. The van der Waals surface area contributed by atoms with Crippen LogP contribution in [0, 0.1) is 11.8 Å². The summed E-state index contributed by atoms with van der Waals surface area (Å²) in [5.41, 5.74) is 0. The van der Waals surface area contributed by atoms with Crippen LogP contribution >= 0.6 is 0 Å². The number of nitrogens with one attached hydrogen (secondary N) is 1. The van der Waals surface area contributed by atoms with E-state index in [2.05, 4.69) is 12.2 Å². The largest absolute Gasteiger partial charge is 0.381 e. The molecule has 0 aromatic rings. The van der Waals surface area contributed by atoms with Crippen molar-refractivity contribution in [3.63, 3.8) is 0 Å². The molecular weight excluding hydrogens is 222 g/mol. The van der Waals surface area contributed by atoms with Gasteiger partial charge in [0.15, 0.2) is 0 Å². The summed E-state index contributed by atoms with van der Waals surface area (Å²) in [5.74, 6) is 1.93. The maximum absolute atomic E-state index is 5.69. The minimum atomic E-state index is 0.853. The molecule has 106 valence electrons. The minimum Gasteiger partial charge on any atom is -0.381 e. The van der Waals surface area contributed by atoms with Crippen molar-refractivity contribution in [2.75, 3.05) is 19.8 Å². The van der Waals surface area contributed by atoms with Gasteiger partial charge in [-0.1, -0.05) is 26.2 Å². The van der Waals surface area contributed by atoms with E-state index < -0.39 is 0 Å². The predicted octanol–water partition coefficient (Wildman–Crippen LogP) is 3.75. The highest BCUT2D eigenvalue weighted by Crippen LogP contribution is 2.34. The molecule has 0 amide bonds. The Bertz CT molecular complexity index is 205. The molecule has 2 fully saturated rings. The van der Waals surface area contributed by atoms with Crippen LogP contribution in [0.1, 0.15) is 64.7 Å². The van der Waals surface area contributed by atoms with Gasteiger partial charge in [0.25, 0.3) is 0 Å². The molecule has 2 rings (SSSR count). The SMILES string of the molecule is CCCCOCCC1CCC([C@H]2CCCN2)CC1. The summed E-state index contributed by atoms with van der Waals surface area (Å²) < 4.78 is 5.69. The summed E-state index contributed by atoms with van der Waals surface area (Å²) in [5, 5.41) is 3.68. The fourth-order valence-electron chi connectivity index (χ4n) is 3.59. The highest BCUT2D eigenvalue weighted by molar-refractivity contribution is 4.85. The molecule has 0 radical (unpaired) electrons. The molecule has 1 saturated heterocycles. The normalized spacial score (nSPS) is 32.8. The van der Waals surface area contributed by atoms with Crippen molar-refractivity contribution in [1.29, 1.82) is 0 Å².